The van der Waals surface area contributed by atoms with Gasteiger partial charge >= 0.3 is 0 Å². The molecule has 3 aromatic carbocycles. The molecule has 0 radical (unpaired) electrons. The fourth-order valence-corrected chi connectivity index (χ4v) is 3.20. The lowest BCUT2D eigenvalue weighted by molar-refractivity contribution is 0.0951. The molecule has 0 aliphatic heterocycles. The van der Waals surface area contributed by atoms with E-state index in [1.807, 2.05) is 36.5 Å². The molecule has 0 aliphatic rings. The topological polar surface area (TPSA) is 46.9 Å². The number of amides is 1. The van der Waals surface area contributed by atoms with Crippen molar-refractivity contribution in [1.29, 1.82) is 0 Å². The van der Waals surface area contributed by atoms with Crippen LogP contribution in [0.25, 0.3) is 16.9 Å². The highest BCUT2D eigenvalue weighted by atomic mass is 35.5. The molecular formula is C23H17ClFN3O. The van der Waals surface area contributed by atoms with Gasteiger partial charge in [0.1, 0.15) is 5.82 Å². The summed E-state index contributed by atoms with van der Waals surface area (Å²) >= 11 is 5.97. The minimum absolute atomic E-state index is 0.231. The zero-order valence-electron chi connectivity index (χ0n) is 15.3. The summed E-state index contributed by atoms with van der Waals surface area (Å²) in [7, 11) is 0. The summed E-state index contributed by atoms with van der Waals surface area (Å²) < 4.78 is 15.1. The van der Waals surface area contributed by atoms with Crippen molar-refractivity contribution in [2.45, 2.75) is 6.54 Å². The van der Waals surface area contributed by atoms with E-state index in [1.165, 1.54) is 12.1 Å². The summed E-state index contributed by atoms with van der Waals surface area (Å²) in [6.45, 7) is 0.269. The van der Waals surface area contributed by atoms with Gasteiger partial charge in [0.15, 0.2) is 0 Å². The first kappa shape index (κ1) is 18.9. The van der Waals surface area contributed by atoms with Crippen LogP contribution in [0.3, 0.4) is 0 Å². The predicted molar refractivity (Wildman–Crippen MR) is 112 cm³/mol. The standard InChI is InChI=1S/C23H17ClFN3O/c24-19-6-4-5-17(13-19)23(29)26-14-18-15-28(21-7-2-1-3-8-21)27-22(18)16-9-11-20(25)12-10-16/h1-13,15H,14H2,(H,26,29). The Morgan fingerprint density at radius 3 is 2.48 bits per heavy atom. The van der Waals surface area contributed by atoms with Gasteiger partial charge in [0.2, 0.25) is 0 Å². The Morgan fingerprint density at radius 1 is 1.00 bits per heavy atom. The molecule has 0 aliphatic carbocycles. The Kier molecular flexibility index (Phi) is 5.40. The minimum atomic E-state index is -0.313. The molecule has 4 aromatic rings. The first-order chi connectivity index (χ1) is 14.1. The second-order valence-electron chi connectivity index (χ2n) is 6.48. The summed E-state index contributed by atoms with van der Waals surface area (Å²) in [5, 5.41) is 8.07. The van der Waals surface area contributed by atoms with Crippen molar-refractivity contribution in [2.24, 2.45) is 0 Å². The summed E-state index contributed by atoms with van der Waals surface area (Å²) in [6, 6.07) is 22.6. The number of halogens is 2. The number of aromatic nitrogens is 2. The highest BCUT2D eigenvalue weighted by molar-refractivity contribution is 6.30. The molecule has 0 spiro atoms. The fourth-order valence-electron chi connectivity index (χ4n) is 3.01. The van der Waals surface area contributed by atoms with Crippen LogP contribution in [0.15, 0.2) is 85.1 Å². The molecule has 0 atom stereocenters. The van der Waals surface area contributed by atoms with E-state index in [0.717, 1.165) is 16.8 Å². The molecule has 1 heterocycles. The van der Waals surface area contributed by atoms with Crippen LogP contribution in [0.5, 0.6) is 0 Å². The first-order valence-corrected chi connectivity index (χ1v) is 9.41. The maximum absolute atomic E-state index is 13.4. The normalized spacial score (nSPS) is 10.7. The molecule has 0 bridgehead atoms. The first-order valence-electron chi connectivity index (χ1n) is 9.04. The van der Waals surface area contributed by atoms with Crippen molar-refractivity contribution in [1.82, 2.24) is 15.1 Å². The molecule has 0 fully saturated rings. The molecule has 0 unspecified atom stereocenters. The third kappa shape index (κ3) is 4.36. The van der Waals surface area contributed by atoms with Gasteiger partial charge in [-0.25, -0.2) is 9.07 Å². The number of rotatable bonds is 5. The van der Waals surface area contributed by atoms with E-state index in [-0.39, 0.29) is 18.3 Å². The molecule has 1 amide bonds. The van der Waals surface area contributed by atoms with Gasteiger partial charge < -0.3 is 5.32 Å². The Morgan fingerprint density at radius 2 is 1.76 bits per heavy atom. The summed E-state index contributed by atoms with van der Waals surface area (Å²) in [5.74, 6) is -0.544. The zero-order chi connectivity index (χ0) is 20.2. The number of hydrogen-bond acceptors (Lipinski definition) is 2. The number of nitrogens with one attached hydrogen (secondary N) is 1. The predicted octanol–water partition coefficient (Wildman–Crippen LogP) is 5.26. The van der Waals surface area contributed by atoms with Crippen molar-refractivity contribution in [3.05, 3.63) is 107 Å². The molecule has 4 rings (SSSR count). The largest absolute Gasteiger partial charge is 0.348 e. The second kappa shape index (κ2) is 8.29. The zero-order valence-corrected chi connectivity index (χ0v) is 16.1. The van der Waals surface area contributed by atoms with Crippen molar-refractivity contribution < 1.29 is 9.18 Å². The highest BCUT2D eigenvalue weighted by Crippen LogP contribution is 2.24. The van der Waals surface area contributed by atoms with Gasteiger partial charge in [-0.15, -0.1) is 0 Å². The second-order valence-corrected chi connectivity index (χ2v) is 6.92. The minimum Gasteiger partial charge on any atom is -0.348 e. The van der Waals surface area contributed by atoms with Gasteiger partial charge in [-0.2, -0.15) is 5.10 Å². The summed E-state index contributed by atoms with van der Waals surface area (Å²) in [6.07, 6.45) is 1.87. The number of carbonyl (C=O) groups excluding carboxylic acids is 1. The Hall–Kier alpha value is -3.44. The quantitative estimate of drug-likeness (QED) is 0.492. The SMILES string of the molecule is O=C(NCc1cn(-c2ccccc2)nc1-c1ccc(F)cc1)c1cccc(Cl)c1. The maximum atomic E-state index is 13.4. The van der Waals surface area contributed by atoms with Crippen molar-refractivity contribution in [2.75, 3.05) is 0 Å². The number of hydrogen-bond donors (Lipinski definition) is 1. The average Bonchev–Trinajstić information content (AvgIpc) is 3.17. The summed E-state index contributed by atoms with van der Waals surface area (Å²) in [4.78, 5) is 12.5. The molecule has 4 nitrogen and oxygen atoms in total. The number of para-hydroxylation sites is 1. The molecule has 1 N–H and O–H groups in total. The molecule has 0 saturated heterocycles. The molecule has 1 aromatic heterocycles. The summed E-state index contributed by atoms with van der Waals surface area (Å²) in [5.41, 5.74) is 3.64. The van der Waals surface area contributed by atoms with Crippen LogP contribution in [0.4, 0.5) is 4.39 Å². The van der Waals surface area contributed by atoms with E-state index in [0.29, 0.717) is 16.3 Å². The van der Waals surface area contributed by atoms with Crippen LogP contribution < -0.4 is 5.32 Å². The average molecular weight is 406 g/mol. The molecule has 144 valence electrons. The highest BCUT2D eigenvalue weighted by Gasteiger charge is 2.14. The van der Waals surface area contributed by atoms with Crippen molar-refractivity contribution in [3.8, 4) is 16.9 Å². The van der Waals surface area contributed by atoms with Crippen LogP contribution in [0.2, 0.25) is 5.02 Å². The third-order valence-electron chi connectivity index (χ3n) is 4.45. The van der Waals surface area contributed by atoms with Crippen molar-refractivity contribution >= 4 is 17.5 Å². The van der Waals surface area contributed by atoms with Gasteiger partial charge in [-0.05, 0) is 54.6 Å². The Balaban J connectivity index is 1.64. The van der Waals surface area contributed by atoms with Gasteiger partial charge in [0, 0.05) is 34.5 Å². The fraction of sp³-hybridized carbons (Fsp3) is 0.0435. The lowest BCUT2D eigenvalue weighted by Gasteiger charge is -2.06. The van der Waals surface area contributed by atoms with Crippen LogP contribution >= 0.6 is 11.6 Å². The van der Waals surface area contributed by atoms with Crippen LogP contribution in [-0.2, 0) is 6.54 Å². The molecule has 6 heteroatoms. The monoisotopic (exact) mass is 405 g/mol. The van der Waals surface area contributed by atoms with Crippen LogP contribution in [0.1, 0.15) is 15.9 Å². The van der Waals surface area contributed by atoms with E-state index in [1.54, 1.807) is 41.1 Å². The van der Waals surface area contributed by atoms with E-state index in [9.17, 15) is 9.18 Å². The number of nitrogens with zero attached hydrogens (tertiary/aromatic N) is 2. The van der Waals surface area contributed by atoms with E-state index >= 15 is 0 Å². The van der Waals surface area contributed by atoms with Gasteiger partial charge in [0.25, 0.3) is 5.91 Å². The van der Waals surface area contributed by atoms with Crippen LogP contribution in [0, 0.1) is 5.82 Å². The molecule has 29 heavy (non-hydrogen) atoms. The van der Waals surface area contributed by atoms with Crippen molar-refractivity contribution in [3.63, 3.8) is 0 Å². The third-order valence-corrected chi connectivity index (χ3v) is 4.69. The van der Waals surface area contributed by atoms with Crippen LogP contribution in [-0.4, -0.2) is 15.7 Å². The van der Waals surface area contributed by atoms with Gasteiger partial charge in [-0.1, -0.05) is 35.9 Å². The van der Waals surface area contributed by atoms with E-state index in [4.69, 9.17) is 11.6 Å². The number of carbonyl (C=O) groups is 1. The number of benzene rings is 3. The molecular weight excluding hydrogens is 389 g/mol. The lowest BCUT2D eigenvalue weighted by atomic mass is 10.1. The Labute approximate surface area is 172 Å². The Bertz CT molecular complexity index is 1140. The lowest BCUT2D eigenvalue weighted by Crippen LogP contribution is -2.22. The van der Waals surface area contributed by atoms with E-state index < -0.39 is 0 Å². The van der Waals surface area contributed by atoms with E-state index in [2.05, 4.69) is 10.4 Å². The van der Waals surface area contributed by atoms with Gasteiger partial charge in [-0.3, -0.25) is 4.79 Å². The molecule has 0 saturated carbocycles. The maximum Gasteiger partial charge on any atom is 0.251 e. The van der Waals surface area contributed by atoms with Gasteiger partial charge in [0.05, 0.1) is 11.4 Å². The smallest absolute Gasteiger partial charge is 0.251 e.